The predicted octanol–water partition coefficient (Wildman–Crippen LogP) is 4.12. The van der Waals surface area contributed by atoms with Crippen molar-refractivity contribution < 1.29 is 9.18 Å². The normalized spacial score (nSPS) is 12.9. The molecule has 0 aliphatic rings. The highest BCUT2D eigenvalue weighted by atomic mass is 79.9. The molecule has 1 atom stereocenters. The van der Waals surface area contributed by atoms with Crippen molar-refractivity contribution in [2.24, 2.45) is 5.92 Å². The summed E-state index contributed by atoms with van der Waals surface area (Å²) in [5.74, 6) is -0.222. The number of hydrogen-bond donors (Lipinski definition) is 0. The molecule has 1 aromatic rings. The molecular weight excluding hydrogens is 339 g/mol. The monoisotopic (exact) mass is 350 g/mol. The van der Waals surface area contributed by atoms with Gasteiger partial charge in [-0.05, 0) is 24.1 Å². The van der Waals surface area contributed by atoms with Crippen LogP contribution in [-0.2, 0) is 11.2 Å². The van der Waals surface area contributed by atoms with E-state index in [2.05, 4.69) is 31.9 Å². The largest absolute Gasteiger partial charge is 0.298 e. The first-order valence-electron chi connectivity index (χ1n) is 5.03. The van der Waals surface area contributed by atoms with Crippen molar-refractivity contribution in [1.29, 1.82) is 0 Å². The number of Topliss-reactive ketones (excluding diaryl/α,β-unsaturated/α-hetero) is 1. The van der Waals surface area contributed by atoms with E-state index in [1.807, 2.05) is 13.8 Å². The van der Waals surface area contributed by atoms with Gasteiger partial charge in [0.25, 0.3) is 0 Å². The number of alkyl halides is 1. The van der Waals surface area contributed by atoms with Gasteiger partial charge in [0.15, 0.2) is 0 Å². The van der Waals surface area contributed by atoms with Gasteiger partial charge < -0.3 is 0 Å². The van der Waals surface area contributed by atoms with Crippen molar-refractivity contribution in [3.63, 3.8) is 0 Å². The second kappa shape index (κ2) is 5.92. The Morgan fingerprint density at radius 2 is 2.06 bits per heavy atom. The van der Waals surface area contributed by atoms with E-state index in [9.17, 15) is 9.18 Å². The van der Waals surface area contributed by atoms with Crippen molar-refractivity contribution in [1.82, 2.24) is 0 Å². The van der Waals surface area contributed by atoms with Crippen LogP contribution in [0.2, 0.25) is 0 Å². The molecule has 0 saturated heterocycles. The third-order valence-corrected chi connectivity index (χ3v) is 3.56. The molecule has 0 amide bonds. The SMILES string of the molecule is CC(C)C(=O)C(Br)Cc1ccc(Br)cc1F. The molecule has 0 N–H and O–H groups in total. The summed E-state index contributed by atoms with van der Waals surface area (Å²) in [6.07, 6.45) is 0.385. The summed E-state index contributed by atoms with van der Waals surface area (Å²) < 4.78 is 14.2. The number of carbonyl (C=O) groups is 1. The Balaban J connectivity index is 2.77. The maximum absolute atomic E-state index is 13.5. The van der Waals surface area contributed by atoms with Crippen molar-refractivity contribution in [3.8, 4) is 0 Å². The zero-order valence-corrected chi connectivity index (χ0v) is 12.3. The molecule has 0 bridgehead atoms. The average molecular weight is 352 g/mol. The van der Waals surface area contributed by atoms with Gasteiger partial charge in [0.1, 0.15) is 11.6 Å². The first-order chi connectivity index (χ1) is 7.41. The lowest BCUT2D eigenvalue weighted by atomic mass is 10.0. The Labute approximate surface area is 112 Å². The van der Waals surface area contributed by atoms with E-state index in [4.69, 9.17) is 0 Å². The van der Waals surface area contributed by atoms with Gasteiger partial charge >= 0.3 is 0 Å². The summed E-state index contributed by atoms with van der Waals surface area (Å²) >= 11 is 6.50. The fourth-order valence-electron chi connectivity index (χ4n) is 1.34. The van der Waals surface area contributed by atoms with Crippen LogP contribution in [0.1, 0.15) is 19.4 Å². The number of carbonyl (C=O) groups excluding carboxylic acids is 1. The van der Waals surface area contributed by atoms with Gasteiger partial charge in [0, 0.05) is 10.4 Å². The number of hydrogen-bond acceptors (Lipinski definition) is 1. The molecule has 0 aliphatic carbocycles. The van der Waals surface area contributed by atoms with Gasteiger partial charge in [-0.3, -0.25) is 4.79 Å². The molecule has 0 aliphatic heterocycles. The van der Waals surface area contributed by atoms with Crippen LogP contribution >= 0.6 is 31.9 Å². The van der Waals surface area contributed by atoms with Crippen LogP contribution in [-0.4, -0.2) is 10.6 Å². The van der Waals surface area contributed by atoms with Crippen LogP contribution < -0.4 is 0 Å². The Morgan fingerprint density at radius 3 is 2.56 bits per heavy atom. The van der Waals surface area contributed by atoms with E-state index < -0.39 is 0 Å². The Bertz CT molecular complexity index is 391. The Kier molecular flexibility index (Phi) is 5.12. The Hall–Kier alpha value is -0.220. The summed E-state index contributed by atoms with van der Waals surface area (Å²) in [6, 6.07) is 4.88. The molecule has 88 valence electrons. The highest BCUT2D eigenvalue weighted by molar-refractivity contribution is 9.10. The third-order valence-electron chi connectivity index (χ3n) is 2.29. The highest BCUT2D eigenvalue weighted by Crippen LogP contribution is 2.20. The zero-order valence-electron chi connectivity index (χ0n) is 9.14. The molecule has 0 saturated carbocycles. The quantitative estimate of drug-likeness (QED) is 0.746. The van der Waals surface area contributed by atoms with Crippen LogP contribution in [0.3, 0.4) is 0 Å². The van der Waals surface area contributed by atoms with Gasteiger partial charge in [-0.25, -0.2) is 4.39 Å². The van der Waals surface area contributed by atoms with E-state index in [0.29, 0.717) is 16.5 Å². The molecule has 1 rings (SSSR count). The molecule has 0 aromatic heterocycles. The summed E-state index contributed by atoms with van der Waals surface area (Å²) in [7, 11) is 0. The molecule has 1 nitrogen and oxygen atoms in total. The minimum atomic E-state index is -0.317. The molecule has 1 aromatic carbocycles. The zero-order chi connectivity index (χ0) is 12.3. The van der Waals surface area contributed by atoms with Gasteiger partial charge in [0.05, 0.1) is 4.83 Å². The van der Waals surface area contributed by atoms with Crippen molar-refractivity contribution in [2.45, 2.75) is 25.1 Å². The maximum Gasteiger partial charge on any atom is 0.149 e. The summed E-state index contributed by atoms with van der Waals surface area (Å²) in [5, 5.41) is 0. The molecule has 0 radical (unpaired) electrons. The first kappa shape index (κ1) is 13.8. The lowest BCUT2D eigenvalue weighted by molar-refractivity contribution is -0.121. The van der Waals surface area contributed by atoms with Crippen LogP contribution in [0.15, 0.2) is 22.7 Å². The predicted molar refractivity (Wildman–Crippen MR) is 70.4 cm³/mol. The lowest BCUT2D eigenvalue weighted by Crippen LogP contribution is -2.22. The molecule has 1 unspecified atom stereocenters. The van der Waals surface area contributed by atoms with Gasteiger partial charge in [-0.1, -0.05) is 51.8 Å². The topological polar surface area (TPSA) is 17.1 Å². The number of benzene rings is 1. The van der Waals surface area contributed by atoms with E-state index >= 15 is 0 Å². The minimum Gasteiger partial charge on any atom is -0.298 e. The fourth-order valence-corrected chi connectivity index (χ4v) is 2.55. The smallest absolute Gasteiger partial charge is 0.149 e. The van der Waals surface area contributed by atoms with Crippen LogP contribution in [0, 0.1) is 11.7 Å². The van der Waals surface area contributed by atoms with Crippen LogP contribution in [0.5, 0.6) is 0 Å². The van der Waals surface area contributed by atoms with Crippen molar-refractivity contribution >= 4 is 37.6 Å². The standard InChI is InChI=1S/C12H13Br2FO/c1-7(2)12(16)10(14)5-8-3-4-9(13)6-11(8)15/h3-4,6-7,10H,5H2,1-2H3. The minimum absolute atomic E-state index is 0.0390. The van der Waals surface area contributed by atoms with Crippen molar-refractivity contribution in [2.75, 3.05) is 0 Å². The third kappa shape index (κ3) is 3.67. The summed E-state index contributed by atoms with van der Waals surface area (Å²) in [6.45, 7) is 3.68. The lowest BCUT2D eigenvalue weighted by Gasteiger charge is -2.12. The Morgan fingerprint density at radius 1 is 1.44 bits per heavy atom. The van der Waals surface area contributed by atoms with Gasteiger partial charge in [0.2, 0.25) is 0 Å². The number of halogens is 3. The van der Waals surface area contributed by atoms with Gasteiger partial charge in [-0.15, -0.1) is 0 Å². The van der Waals surface area contributed by atoms with Gasteiger partial charge in [-0.2, -0.15) is 0 Å². The molecule has 0 heterocycles. The van der Waals surface area contributed by atoms with E-state index in [0.717, 1.165) is 0 Å². The fraction of sp³-hybridized carbons (Fsp3) is 0.417. The number of rotatable bonds is 4. The highest BCUT2D eigenvalue weighted by Gasteiger charge is 2.19. The summed E-state index contributed by atoms with van der Waals surface area (Å²) in [4.78, 5) is 11.3. The van der Waals surface area contributed by atoms with E-state index in [-0.39, 0.29) is 22.3 Å². The van der Waals surface area contributed by atoms with Crippen molar-refractivity contribution in [3.05, 3.63) is 34.1 Å². The number of ketones is 1. The molecule has 0 spiro atoms. The maximum atomic E-state index is 13.5. The summed E-state index contributed by atoms with van der Waals surface area (Å²) in [5.41, 5.74) is 0.555. The van der Waals surface area contributed by atoms with Crippen LogP contribution in [0.4, 0.5) is 4.39 Å². The van der Waals surface area contributed by atoms with E-state index in [1.165, 1.54) is 6.07 Å². The van der Waals surface area contributed by atoms with E-state index in [1.54, 1.807) is 12.1 Å². The average Bonchev–Trinajstić information content (AvgIpc) is 2.20. The first-order valence-corrected chi connectivity index (χ1v) is 6.74. The second-order valence-electron chi connectivity index (χ2n) is 3.96. The molecule has 4 heteroatoms. The van der Waals surface area contributed by atoms with Crippen LogP contribution in [0.25, 0.3) is 0 Å². The molecule has 0 fully saturated rings. The molecular formula is C12H13Br2FO. The second-order valence-corrected chi connectivity index (χ2v) is 5.99. The molecule has 16 heavy (non-hydrogen) atoms.